The summed E-state index contributed by atoms with van der Waals surface area (Å²) in [6.45, 7) is 0. The van der Waals surface area contributed by atoms with Gasteiger partial charge in [0.2, 0.25) is 0 Å². The van der Waals surface area contributed by atoms with Gasteiger partial charge in [-0.3, -0.25) is 9.59 Å². The van der Waals surface area contributed by atoms with Crippen LogP contribution in [0.4, 0.5) is 11.4 Å². The molecule has 1 aliphatic rings. The van der Waals surface area contributed by atoms with Crippen molar-refractivity contribution in [1.29, 1.82) is 0 Å². The predicted molar refractivity (Wildman–Crippen MR) is 85.4 cm³/mol. The van der Waals surface area contributed by atoms with Gasteiger partial charge in [0.15, 0.2) is 4.84 Å². The highest BCUT2D eigenvalue weighted by atomic mass is 35.5. The molecular weight excluding hydrogens is 313 g/mol. The minimum Gasteiger partial charge on any atom is -0.377 e. The highest BCUT2D eigenvalue weighted by molar-refractivity contribution is 6.54. The Morgan fingerprint density at radius 2 is 1.95 bits per heavy atom. The van der Waals surface area contributed by atoms with Gasteiger partial charge in [0, 0.05) is 31.5 Å². The zero-order valence-corrected chi connectivity index (χ0v) is 13.3. The van der Waals surface area contributed by atoms with Gasteiger partial charge in [0.05, 0.1) is 5.56 Å². The molecule has 0 unspecified atom stereocenters. The van der Waals surface area contributed by atoms with E-state index in [0.29, 0.717) is 11.3 Å². The fourth-order valence-corrected chi connectivity index (χ4v) is 1.98. The maximum absolute atomic E-state index is 12.3. The zero-order chi connectivity index (χ0) is 15.6. The summed E-state index contributed by atoms with van der Waals surface area (Å²) < 4.78 is 0. The Morgan fingerprint density at radius 1 is 1.29 bits per heavy atom. The number of hydrogen-bond donors (Lipinski definition) is 2. The Bertz CT molecular complexity index is 557. The minimum atomic E-state index is -1.15. The average Bonchev–Trinajstić information content (AvgIpc) is 3.22. The van der Waals surface area contributed by atoms with Gasteiger partial charge in [-0.1, -0.05) is 23.2 Å². The Balaban J connectivity index is 2.24. The first-order valence-electron chi connectivity index (χ1n) is 6.59. The Hall–Kier alpha value is -1.46. The molecule has 0 aromatic heterocycles. The summed E-state index contributed by atoms with van der Waals surface area (Å²) in [5, 5.41) is 5.51. The molecule has 1 aromatic carbocycles. The number of hydrogen-bond acceptors (Lipinski definition) is 3. The van der Waals surface area contributed by atoms with Gasteiger partial charge < -0.3 is 15.5 Å². The second-order valence-electron chi connectivity index (χ2n) is 5.16. The molecule has 1 aliphatic carbocycles. The standard InChI is InChI=1S/C14H17Cl2N3O2/c1-19(2)11-6-5-9(18-14(21)12(15)16)7-10(11)13(20)17-8-3-4-8/h5-8,12H,3-4H2,1-2H3,(H,17,20)(H,18,21). The number of rotatable bonds is 5. The quantitative estimate of drug-likeness (QED) is 0.815. The molecule has 2 rings (SSSR count). The van der Waals surface area contributed by atoms with Crippen molar-refractivity contribution in [2.75, 3.05) is 24.3 Å². The molecule has 0 radical (unpaired) electrons. The van der Waals surface area contributed by atoms with Crippen molar-refractivity contribution in [3.05, 3.63) is 23.8 Å². The van der Waals surface area contributed by atoms with Crippen molar-refractivity contribution in [3.63, 3.8) is 0 Å². The number of alkyl halides is 2. The van der Waals surface area contributed by atoms with Crippen LogP contribution in [0.15, 0.2) is 18.2 Å². The number of amides is 2. The zero-order valence-electron chi connectivity index (χ0n) is 11.8. The molecule has 0 saturated heterocycles. The summed E-state index contributed by atoms with van der Waals surface area (Å²) in [5.41, 5.74) is 1.77. The number of anilines is 2. The molecular formula is C14H17Cl2N3O2. The van der Waals surface area contributed by atoms with E-state index in [0.717, 1.165) is 18.5 Å². The molecule has 0 spiro atoms. The van der Waals surface area contributed by atoms with Crippen molar-refractivity contribution in [2.45, 2.75) is 23.7 Å². The van der Waals surface area contributed by atoms with Crippen LogP contribution < -0.4 is 15.5 Å². The maximum atomic E-state index is 12.3. The van der Waals surface area contributed by atoms with Gasteiger partial charge in [0.1, 0.15) is 0 Å². The molecule has 2 N–H and O–H groups in total. The van der Waals surface area contributed by atoms with E-state index >= 15 is 0 Å². The second kappa shape index (κ2) is 6.54. The minimum absolute atomic E-state index is 0.148. The lowest BCUT2D eigenvalue weighted by Crippen LogP contribution is -2.28. The highest BCUT2D eigenvalue weighted by Gasteiger charge is 2.25. The SMILES string of the molecule is CN(C)c1ccc(NC(=O)C(Cl)Cl)cc1C(=O)NC1CC1. The smallest absolute Gasteiger partial charge is 0.257 e. The molecule has 1 aromatic rings. The second-order valence-corrected chi connectivity index (χ2v) is 6.26. The number of nitrogens with one attached hydrogen (secondary N) is 2. The van der Waals surface area contributed by atoms with E-state index < -0.39 is 10.7 Å². The number of benzene rings is 1. The van der Waals surface area contributed by atoms with E-state index in [2.05, 4.69) is 10.6 Å². The van der Waals surface area contributed by atoms with Gasteiger partial charge in [0.25, 0.3) is 11.8 Å². The van der Waals surface area contributed by atoms with E-state index in [4.69, 9.17) is 23.2 Å². The molecule has 21 heavy (non-hydrogen) atoms. The predicted octanol–water partition coefficient (Wildman–Crippen LogP) is 2.39. The third kappa shape index (κ3) is 4.25. The Morgan fingerprint density at radius 3 is 2.48 bits per heavy atom. The molecule has 0 aliphatic heterocycles. The van der Waals surface area contributed by atoms with Crippen LogP contribution in [0, 0.1) is 0 Å². The van der Waals surface area contributed by atoms with Crippen LogP contribution in [-0.4, -0.2) is 36.8 Å². The largest absolute Gasteiger partial charge is 0.377 e. The third-order valence-electron chi connectivity index (χ3n) is 3.10. The van der Waals surface area contributed by atoms with Crippen molar-refractivity contribution < 1.29 is 9.59 Å². The van der Waals surface area contributed by atoms with Crippen molar-refractivity contribution >= 4 is 46.4 Å². The van der Waals surface area contributed by atoms with Crippen LogP contribution in [0.3, 0.4) is 0 Å². The summed E-state index contributed by atoms with van der Waals surface area (Å²) in [6, 6.07) is 5.37. The third-order valence-corrected chi connectivity index (χ3v) is 3.50. The van der Waals surface area contributed by atoms with Gasteiger partial charge in [-0.2, -0.15) is 0 Å². The lowest BCUT2D eigenvalue weighted by atomic mass is 10.1. The summed E-state index contributed by atoms with van der Waals surface area (Å²) in [7, 11) is 3.71. The fourth-order valence-electron chi connectivity index (χ4n) is 1.87. The fraction of sp³-hybridized carbons (Fsp3) is 0.429. The van der Waals surface area contributed by atoms with Crippen LogP contribution >= 0.6 is 23.2 Å². The summed E-state index contributed by atoms with van der Waals surface area (Å²) in [4.78, 5) is 24.5. The first-order chi connectivity index (χ1) is 9.88. The van der Waals surface area contributed by atoms with Gasteiger partial charge in [-0.25, -0.2) is 0 Å². The van der Waals surface area contributed by atoms with Gasteiger partial charge >= 0.3 is 0 Å². The lowest BCUT2D eigenvalue weighted by molar-refractivity contribution is -0.114. The molecule has 5 nitrogen and oxygen atoms in total. The van der Waals surface area contributed by atoms with Gasteiger partial charge in [-0.05, 0) is 31.0 Å². The Labute approximate surface area is 133 Å². The molecule has 1 saturated carbocycles. The van der Waals surface area contributed by atoms with Crippen molar-refractivity contribution in [1.82, 2.24) is 5.32 Å². The van der Waals surface area contributed by atoms with Crippen LogP contribution in [-0.2, 0) is 4.79 Å². The first kappa shape index (κ1) is 15.9. The van der Waals surface area contributed by atoms with Crippen molar-refractivity contribution in [3.8, 4) is 0 Å². The van der Waals surface area contributed by atoms with E-state index in [1.165, 1.54) is 0 Å². The summed E-state index contributed by atoms with van der Waals surface area (Å²) in [6.07, 6.45) is 2.03. The van der Waals surface area contributed by atoms with Crippen molar-refractivity contribution in [2.24, 2.45) is 0 Å². The number of nitrogens with zero attached hydrogens (tertiary/aromatic N) is 1. The highest BCUT2D eigenvalue weighted by Crippen LogP contribution is 2.25. The van der Waals surface area contributed by atoms with E-state index in [-0.39, 0.29) is 11.9 Å². The van der Waals surface area contributed by atoms with Crippen LogP contribution in [0.1, 0.15) is 23.2 Å². The van der Waals surface area contributed by atoms with Gasteiger partial charge in [-0.15, -0.1) is 0 Å². The molecule has 0 bridgehead atoms. The molecule has 7 heteroatoms. The first-order valence-corrected chi connectivity index (χ1v) is 7.47. The average molecular weight is 330 g/mol. The summed E-state index contributed by atoms with van der Waals surface area (Å²) >= 11 is 11.0. The number of carbonyl (C=O) groups is 2. The molecule has 2 amide bonds. The topological polar surface area (TPSA) is 61.4 Å². The molecule has 0 atom stereocenters. The van der Waals surface area contributed by atoms with E-state index in [9.17, 15) is 9.59 Å². The van der Waals surface area contributed by atoms with E-state index in [1.807, 2.05) is 19.0 Å². The normalized spacial score (nSPS) is 14.0. The maximum Gasteiger partial charge on any atom is 0.257 e. The Kier molecular flexibility index (Phi) is 4.96. The monoisotopic (exact) mass is 329 g/mol. The molecule has 0 heterocycles. The van der Waals surface area contributed by atoms with E-state index in [1.54, 1.807) is 18.2 Å². The summed E-state index contributed by atoms with van der Waals surface area (Å²) in [5.74, 6) is -0.671. The molecule has 114 valence electrons. The van der Waals surface area contributed by atoms with Crippen LogP contribution in [0.25, 0.3) is 0 Å². The van der Waals surface area contributed by atoms with Crippen LogP contribution in [0.2, 0.25) is 0 Å². The molecule has 1 fully saturated rings. The number of carbonyl (C=O) groups excluding carboxylic acids is 2. The lowest BCUT2D eigenvalue weighted by Gasteiger charge is -2.18. The number of halogens is 2. The van der Waals surface area contributed by atoms with Crippen LogP contribution in [0.5, 0.6) is 0 Å².